The number of fused-ring (bicyclic) bond motifs is 4. The summed E-state index contributed by atoms with van der Waals surface area (Å²) >= 11 is 0. The predicted molar refractivity (Wildman–Crippen MR) is 115 cm³/mol. The van der Waals surface area contributed by atoms with E-state index in [1.165, 1.54) is 4.90 Å². The van der Waals surface area contributed by atoms with Crippen LogP contribution in [-0.2, 0) is 26.3 Å². The van der Waals surface area contributed by atoms with Crippen LogP contribution in [0.3, 0.4) is 0 Å². The first kappa shape index (κ1) is 20.6. The number of carbonyl (C=O) groups is 3. The molecule has 0 radical (unpaired) electrons. The van der Waals surface area contributed by atoms with Crippen molar-refractivity contribution in [3.63, 3.8) is 0 Å². The molecule has 5 atom stereocenters. The Morgan fingerprint density at radius 3 is 2.48 bits per heavy atom. The summed E-state index contributed by atoms with van der Waals surface area (Å²) in [5, 5.41) is 16.8. The molecular weight excluding hydrogens is 394 g/mol. The van der Waals surface area contributed by atoms with Crippen LogP contribution in [-0.4, -0.2) is 45.9 Å². The number of anilines is 1. The van der Waals surface area contributed by atoms with E-state index < -0.39 is 29.5 Å². The quantitative estimate of drug-likeness (QED) is 0.509. The van der Waals surface area contributed by atoms with Gasteiger partial charge in [0.25, 0.3) is 0 Å². The number of aliphatic hydroxyl groups is 1. The number of imide groups is 1. The zero-order valence-corrected chi connectivity index (χ0v) is 18.2. The van der Waals surface area contributed by atoms with E-state index in [1.807, 2.05) is 25.1 Å². The number of carbonyl (C=O) groups excluding carboxylic acids is 3. The molecule has 3 heterocycles. The fourth-order valence-electron chi connectivity index (χ4n) is 6.43. The van der Waals surface area contributed by atoms with Gasteiger partial charge in [-0.3, -0.25) is 24.6 Å². The number of hydrogen-bond acceptors (Lipinski definition) is 5. The maximum atomic E-state index is 13.9. The van der Waals surface area contributed by atoms with Crippen molar-refractivity contribution in [2.75, 3.05) is 5.32 Å². The topological polar surface area (TPSA) is 98.7 Å². The highest BCUT2D eigenvalue weighted by Gasteiger charge is 2.71. The molecule has 0 aromatic heterocycles. The third-order valence-electron chi connectivity index (χ3n) is 7.90. The van der Waals surface area contributed by atoms with Gasteiger partial charge >= 0.3 is 0 Å². The molecule has 1 aromatic rings. The average Bonchev–Trinajstić information content (AvgIpc) is 3.23. The highest BCUT2D eigenvalue weighted by atomic mass is 16.3. The number of nitrogens with zero attached hydrogens (tertiary/aromatic N) is 1. The zero-order valence-electron chi connectivity index (χ0n) is 18.2. The molecule has 0 bridgehead atoms. The lowest BCUT2D eigenvalue weighted by molar-refractivity contribution is -0.146. The molecule has 7 heteroatoms. The van der Waals surface area contributed by atoms with Crippen LogP contribution in [0.4, 0.5) is 5.69 Å². The van der Waals surface area contributed by atoms with E-state index >= 15 is 0 Å². The Kier molecular flexibility index (Phi) is 4.94. The number of benzene rings is 1. The van der Waals surface area contributed by atoms with Crippen molar-refractivity contribution in [1.82, 2.24) is 10.2 Å². The fourth-order valence-corrected chi connectivity index (χ4v) is 6.43. The Morgan fingerprint density at radius 1 is 1.13 bits per heavy atom. The van der Waals surface area contributed by atoms with Crippen LogP contribution in [0.15, 0.2) is 18.2 Å². The lowest BCUT2D eigenvalue weighted by atomic mass is 9.76. The normalized spacial score (nSPS) is 34.1. The Bertz CT molecular complexity index is 937. The van der Waals surface area contributed by atoms with Crippen molar-refractivity contribution < 1.29 is 19.5 Å². The molecule has 2 saturated heterocycles. The first-order valence-electron chi connectivity index (χ1n) is 11.7. The number of nitrogens with one attached hydrogen (secondary N) is 2. The smallest absolute Gasteiger partial charge is 0.250 e. The van der Waals surface area contributed by atoms with Crippen LogP contribution in [0.2, 0.25) is 0 Å². The maximum absolute atomic E-state index is 13.9. The highest BCUT2D eigenvalue weighted by molar-refractivity contribution is 6.15. The average molecular weight is 426 g/mol. The Morgan fingerprint density at radius 2 is 1.84 bits per heavy atom. The summed E-state index contributed by atoms with van der Waals surface area (Å²) in [4.78, 5) is 42.4. The molecule has 31 heavy (non-hydrogen) atoms. The van der Waals surface area contributed by atoms with Crippen molar-refractivity contribution in [1.29, 1.82) is 0 Å². The Hall–Kier alpha value is -2.25. The molecule has 4 aliphatic rings. The third kappa shape index (κ3) is 2.75. The molecule has 5 rings (SSSR count). The molecule has 1 spiro atoms. The molecule has 166 valence electrons. The van der Waals surface area contributed by atoms with Gasteiger partial charge in [-0.15, -0.1) is 0 Å². The van der Waals surface area contributed by atoms with Gasteiger partial charge in [0.1, 0.15) is 5.54 Å². The highest BCUT2D eigenvalue weighted by Crippen LogP contribution is 2.54. The summed E-state index contributed by atoms with van der Waals surface area (Å²) in [5.74, 6) is -2.37. The first-order chi connectivity index (χ1) is 14.9. The molecule has 1 aliphatic carbocycles. The van der Waals surface area contributed by atoms with Gasteiger partial charge in [0, 0.05) is 23.3 Å². The molecule has 3 aliphatic heterocycles. The largest absolute Gasteiger partial charge is 0.392 e. The van der Waals surface area contributed by atoms with E-state index in [-0.39, 0.29) is 23.8 Å². The van der Waals surface area contributed by atoms with Crippen LogP contribution in [0.1, 0.15) is 63.5 Å². The van der Waals surface area contributed by atoms with Crippen molar-refractivity contribution >= 4 is 23.4 Å². The summed E-state index contributed by atoms with van der Waals surface area (Å²) in [6.07, 6.45) is 5.76. The van der Waals surface area contributed by atoms with Crippen LogP contribution >= 0.6 is 0 Å². The second-order valence-corrected chi connectivity index (χ2v) is 9.56. The number of likely N-dealkylation sites (tertiary alicyclic amines) is 1. The van der Waals surface area contributed by atoms with Crippen molar-refractivity contribution in [2.45, 2.75) is 82.5 Å². The summed E-state index contributed by atoms with van der Waals surface area (Å²) < 4.78 is 0. The molecule has 3 fully saturated rings. The van der Waals surface area contributed by atoms with Gasteiger partial charge in [-0.1, -0.05) is 50.8 Å². The number of aliphatic hydroxyl groups excluding tert-OH is 1. The van der Waals surface area contributed by atoms with E-state index in [2.05, 4.69) is 10.6 Å². The SMILES string of the molecule is CCc1cccc2c1NC(=O)[C@]21N[C@H]([C@H](C)O)[C@H]2C(=O)N(C3CCCCCC3)C(=O)[C@H]21. The molecule has 0 unspecified atom stereocenters. The second-order valence-electron chi connectivity index (χ2n) is 9.56. The summed E-state index contributed by atoms with van der Waals surface area (Å²) in [6.45, 7) is 3.64. The summed E-state index contributed by atoms with van der Waals surface area (Å²) in [5.41, 5.74) is 1.14. The molecule has 1 aromatic carbocycles. The lowest BCUT2D eigenvalue weighted by Crippen LogP contribution is -2.55. The minimum absolute atomic E-state index is 0.106. The van der Waals surface area contributed by atoms with E-state index in [1.54, 1.807) is 6.92 Å². The lowest BCUT2D eigenvalue weighted by Gasteiger charge is -2.32. The monoisotopic (exact) mass is 425 g/mol. The van der Waals surface area contributed by atoms with E-state index in [0.717, 1.165) is 61.8 Å². The van der Waals surface area contributed by atoms with Gasteiger partial charge in [0.15, 0.2) is 0 Å². The van der Waals surface area contributed by atoms with Crippen molar-refractivity contribution in [3.8, 4) is 0 Å². The number of amides is 3. The van der Waals surface area contributed by atoms with Crippen molar-refractivity contribution in [2.24, 2.45) is 11.8 Å². The molecule has 3 amide bonds. The van der Waals surface area contributed by atoms with Crippen LogP contribution in [0.25, 0.3) is 0 Å². The van der Waals surface area contributed by atoms with E-state index in [4.69, 9.17) is 0 Å². The van der Waals surface area contributed by atoms with Gasteiger partial charge in [-0.05, 0) is 31.7 Å². The number of para-hydroxylation sites is 1. The molecule has 3 N–H and O–H groups in total. The Labute approximate surface area is 182 Å². The maximum Gasteiger partial charge on any atom is 0.250 e. The van der Waals surface area contributed by atoms with Gasteiger partial charge in [-0.25, -0.2) is 0 Å². The molecule has 1 saturated carbocycles. The van der Waals surface area contributed by atoms with E-state index in [0.29, 0.717) is 0 Å². The summed E-state index contributed by atoms with van der Waals surface area (Å²) in [7, 11) is 0. The fraction of sp³-hybridized carbons (Fsp3) is 0.625. The molecular formula is C24H31N3O4. The van der Waals surface area contributed by atoms with Crippen LogP contribution in [0, 0.1) is 11.8 Å². The van der Waals surface area contributed by atoms with Gasteiger partial charge in [0.2, 0.25) is 17.7 Å². The van der Waals surface area contributed by atoms with Gasteiger partial charge < -0.3 is 10.4 Å². The molecule has 7 nitrogen and oxygen atoms in total. The van der Waals surface area contributed by atoms with Crippen molar-refractivity contribution in [3.05, 3.63) is 29.3 Å². The standard InChI is InChI=1S/C24H31N3O4/c1-3-14-9-8-12-16-20(14)25-23(31)24(16)18-17(19(26-24)13(2)28)21(29)27(22(18)30)15-10-6-4-5-7-11-15/h8-9,12-13,15,17-19,26,28H,3-7,10-11H2,1-2H3,(H,25,31)/t13-,17-,18-,19+,24-/m0/s1. The number of hydrogen-bond donors (Lipinski definition) is 3. The minimum atomic E-state index is -1.32. The van der Waals surface area contributed by atoms with Gasteiger partial charge in [-0.2, -0.15) is 0 Å². The van der Waals surface area contributed by atoms with Gasteiger partial charge in [0.05, 0.1) is 17.9 Å². The predicted octanol–water partition coefficient (Wildman–Crippen LogP) is 2.07. The van der Waals surface area contributed by atoms with E-state index in [9.17, 15) is 19.5 Å². The van der Waals surface area contributed by atoms with Crippen LogP contribution < -0.4 is 10.6 Å². The Balaban J connectivity index is 1.63. The number of aryl methyl sites for hydroxylation is 1. The minimum Gasteiger partial charge on any atom is -0.392 e. The zero-order chi connectivity index (χ0) is 21.9. The summed E-state index contributed by atoms with van der Waals surface area (Å²) in [6, 6.07) is 4.98. The number of rotatable bonds is 3. The van der Waals surface area contributed by atoms with Crippen LogP contribution in [0.5, 0.6) is 0 Å². The third-order valence-corrected chi connectivity index (χ3v) is 7.90. The first-order valence-corrected chi connectivity index (χ1v) is 11.7. The second kappa shape index (κ2) is 7.41.